The average molecular weight is 232 g/mol. The molecule has 0 aliphatic heterocycles. The third-order valence-corrected chi connectivity index (χ3v) is 2.48. The maximum Gasteiger partial charge on any atom is 0.339 e. The number of aromatic nitrogens is 4. The van der Waals surface area contributed by atoms with Gasteiger partial charge in [-0.15, -0.1) is 0 Å². The van der Waals surface area contributed by atoms with Crippen molar-refractivity contribution >= 4 is 5.97 Å². The molecule has 17 heavy (non-hydrogen) atoms. The highest BCUT2D eigenvalue weighted by molar-refractivity contribution is 5.88. The van der Waals surface area contributed by atoms with E-state index >= 15 is 0 Å². The summed E-state index contributed by atoms with van der Waals surface area (Å²) in [7, 11) is 1.84. The maximum absolute atomic E-state index is 10.9. The monoisotopic (exact) mass is 232 g/mol. The maximum atomic E-state index is 10.9. The van der Waals surface area contributed by atoms with Gasteiger partial charge in [-0.25, -0.2) is 19.7 Å². The number of nitrogens with zero attached hydrogens (tertiary/aromatic N) is 4. The van der Waals surface area contributed by atoms with E-state index in [9.17, 15) is 4.79 Å². The number of rotatable bonds is 3. The van der Waals surface area contributed by atoms with Crippen molar-refractivity contribution in [3.05, 3.63) is 30.0 Å². The van der Waals surface area contributed by atoms with Gasteiger partial charge in [0.05, 0.1) is 23.8 Å². The van der Waals surface area contributed by atoms with Gasteiger partial charge in [0.15, 0.2) is 5.82 Å². The lowest BCUT2D eigenvalue weighted by atomic mass is 10.2. The van der Waals surface area contributed by atoms with Crippen LogP contribution in [0.4, 0.5) is 0 Å². The van der Waals surface area contributed by atoms with Gasteiger partial charge in [-0.1, -0.05) is 6.92 Å². The Bertz CT molecular complexity index is 562. The summed E-state index contributed by atoms with van der Waals surface area (Å²) in [5.41, 5.74) is 1.44. The molecule has 0 atom stereocenters. The normalized spacial score (nSPS) is 10.5. The Morgan fingerprint density at radius 2 is 2.24 bits per heavy atom. The van der Waals surface area contributed by atoms with Crippen molar-refractivity contribution in [1.29, 1.82) is 0 Å². The van der Waals surface area contributed by atoms with Crippen LogP contribution in [0.15, 0.2) is 18.7 Å². The second-order valence-electron chi connectivity index (χ2n) is 3.60. The second-order valence-corrected chi connectivity index (χ2v) is 3.60. The molecule has 2 heterocycles. The van der Waals surface area contributed by atoms with Crippen molar-refractivity contribution in [1.82, 2.24) is 19.5 Å². The second kappa shape index (κ2) is 4.32. The Morgan fingerprint density at radius 1 is 1.47 bits per heavy atom. The molecule has 88 valence electrons. The predicted molar refractivity (Wildman–Crippen MR) is 60.6 cm³/mol. The zero-order chi connectivity index (χ0) is 12.4. The average Bonchev–Trinajstić information content (AvgIpc) is 2.74. The Labute approximate surface area is 98.0 Å². The molecule has 6 nitrogen and oxygen atoms in total. The van der Waals surface area contributed by atoms with E-state index in [0.29, 0.717) is 17.9 Å². The molecule has 0 bridgehead atoms. The third kappa shape index (κ3) is 2.01. The van der Waals surface area contributed by atoms with Crippen LogP contribution >= 0.6 is 0 Å². The fourth-order valence-corrected chi connectivity index (χ4v) is 1.56. The molecular formula is C11H12N4O2. The minimum absolute atomic E-state index is 0.151. The number of hydrogen-bond donors (Lipinski definition) is 1. The summed E-state index contributed by atoms with van der Waals surface area (Å²) in [4.78, 5) is 23.2. The van der Waals surface area contributed by atoms with Crippen LogP contribution in [-0.2, 0) is 13.5 Å². The van der Waals surface area contributed by atoms with E-state index in [0.717, 1.165) is 5.69 Å². The van der Waals surface area contributed by atoms with Crippen LogP contribution < -0.4 is 0 Å². The van der Waals surface area contributed by atoms with E-state index in [2.05, 4.69) is 15.0 Å². The first-order valence-electron chi connectivity index (χ1n) is 5.19. The SMILES string of the molecule is CCc1nc(-c2cncn2C)ncc1C(=O)O. The van der Waals surface area contributed by atoms with E-state index in [1.54, 1.807) is 17.1 Å². The molecule has 0 unspecified atom stereocenters. The van der Waals surface area contributed by atoms with Gasteiger partial charge in [0.1, 0.15) is 5.69 Å². The summed E-state index contributed by atoms with van der Waals surface area (Å²) in [5, 5.41) is 8.98. The van der Waals surface area contributed by atoms with Gasteiger partial charge in [-0.2, -0.15) is 0 Å². The summed E-state index contributed by atoms with van der Waals surface area (Å²) in [6.07, 6.45) is 5.19. The standard InChI is InChI=1S/C11H12N4O2/c1-3-8-7(11(16)17)4-13-10(14-8)9-5-12-6-15(9)2/h4-6H,3H2,1-2H3,(H,16,17). The van der Waals surface area contributed by atoms with E-state index < -0.39 is 5.97 Å². The molecule has 0 aliphatic rings. The van der Waals surface area contributed by atoms with Crippen molar-refractivity contribution in [3.63, 3.8) is 0 Å². The van der Waals surface area contributed by atoms with Gasteiger partial charge in [-0.05, 0) is 6.42 Å². The van der Waals surface area contributed by atoms with Gasteiger partial charge in [0.2, 0.25) is 0 Å². The van der Waals surface area contributed by atoms with Gasteiger partial charge in [0.25, 0.3) is 0 Å². The Morgan fingerprint density at radius 3 is 2.76 bits per heavy atom. The largest absolute Gasteiger partial charge is 0.478 e. The Hall–Kier alpha value is -2.24. The van der Waals surface area contributed by atoms with Crippen LogP contribution in [0, 0.1) is 0 Å². The topological polar surface area (TPSA) is 80.9 Å². The lowest BCUT2D eigenvalue weighted by molar-refractivity contribution is 0.0694. The highest BCUT2D eigenvalue weighted by Crippen LogP contribution is 2.15. The molecule has 2 aromatic rings. The smallest absolute Gasteiger partial charge is 0.339 e. The Balaban J connectivity index is 2.52. The van der Waals surface area contributed by atoms with Crippen LogP contribution in [-0.4, -0.2) is 30.6 Å². The molecule has 1 N–H and O–H groups in total. The summed E-state index contributed by atoms with van der Waals surface area (Å²) >= 11 is 0. The quantitative estimate of drug-likeness (QED) is 0.858. The molecule has 2 rings (SSSR count). The molecule has 0 saturated carbocycles. The molecule has 6 heteroatoms. The zero-order valence-electron chi connectivity index (χ0n) is 9.58. The first-order valence-corrected chi connectivity index (χ1v) is 5.19. The number of carboxylic acids is 1. The minimum atomic E-state index is -1.00. The first kappa shape index (κ1) is 11.3. The molecule has 0 spiro atoms. The lowest BCUT2D eigenvalue weighted by Gasteiger charge is -2.05. The third-order valence-electron chi connectivity index (χ3n) is 2.48. The van der Waals surface area contributed by atoms with E-state index in [4.69, 9.17) is 5.11 Å². The lowest BCUT2D eigenvalue weighted by Crippen LogP contribution is -2.07. The summed E-state index contributed by atoms with van der Waals surface area (Å²) < 4.78 is 1.79. The fraction of sp³-hybridized carbons (Fsp3) is 0.273. The molecule has 0 fully saturated rings. The summed E-state index contributed by atoms with van der Waals surface area (Å²) in [5.74, 6) is -0.509. The van der Waals surface area contributed by atoms with Crippen LogP contribution in [0.5, 0.6) is 0 Å². The Kier molecular flexibility index (Phi) is 2.86. The summed E-state index contributed by atoms with van der Waals surface area (Å²) in [6.45, 7) is 1.86. The van der Waals surface area contributed by atoms with Crippen molar-refractivity contribution in [2.45, 2.75) is 13.3 Å². The molecule has 0 aliphatic carbocycles. The number of hydrogen-bond acceptors (Lipinski definition) is 4. The van der Waals surface area contributed by atoms with Crippen LogP contribution in [0.3, 0.4) is 0 Å². The number of carboxylic acid groups (broad SMARTS) is 1. The van der Waals surface area contributed by atoms with Crippen molar-refractivity contribution in [2.75, 3.05) is 0 Å². The van der Waals surface area contributed by atoms with Crippen LogP contribution in [0.1, 0.15) is 23.0 Å². The van der Waals surface area contributed by atoms with Crippen LogP contribution in [0.2, 0.25) is 0 Å². The van der Waals surface area contributed by atoms with Gasteiger partial charge in [0, 0.05) is 13.2 Å². The van der Waals surface area contributed by atoms with Crippen LogP contribution in [0.25, 0.3) is 11.5 Å². The van der Waals surface area contributed by atoms with E-state index in [-0.39, 0.29) is 5.56 Å². The molecule has 0 radical (unpaired) electrons. The predicted octanol–water partition coefficient (Wildman–Crippen LogP) is 1.14. The van der Waals surface area contributed by atoms with Crippen molar-refractivity contribution < 1.29 is 9.90 Å². The molecule has 0 aromatic carbocycles. The van der Waals surface area contributed by atoms with E-state index in [1.165, 1.54) is 6.20 Å². The molecule has 0 saturated heterocycles. The van der Waals surface area contributed by atoms with Gasteiger partial charge < -0.3 is 9.67 Å². The fourth-order valence-electron chi connectivity index (χ4n) is 1.56. The van der Waals surface area contributed by atoms with Crippen molar-refractivity contribution in [2.24, 2.45) is 7.05 Å². The highest BCUT2D eigenvalue weighted by Gasteiger charge is 2.14. The minimum Gasteiger partial charge on any atom is -0.478 e. The number of carbonyl (C=O) groups is 1. The zero-order valence-corrected chi connectivity index (χ0v) is 9.58. The number of aromatic carboxylic acids is 1. The molecule has 2 aromatic heterocycles. The first-order chi connectivity index (χ1) is 8.13. The number of imidazole rings is 1. The van der Waals surface area contributed by atoms with Gasteiger partial charge in [-0.3, -0.25) is 0 Å². The number of aryl methyl sites for hydroxylation is 2. The van der Waals surface area contributed by atoms with Crippen molar-refractivity contribution in [3.8, 4) is 11.5 Å². The van der Waals surface area contributed by atoms with E-state index in [1.807, 2.05) is 14.0 Å². The molecule has 0 amide bonds. The summed E-state index contributed by atoms with van der Waals surface area (Å²) in [6, 6.07) is 0. The highest BCUT2D eigenvalue weighted by atomic mass is 16.4. The van der Waals surface area contributed by atoms with Gasteiger partial charge >= 0.3 is 5.97 Å². The molecular weight excluding hydrogens is 220 g/mol.